The number of rotatable bonds is 6. The van der Waals surface area contributed by atoms with Crippen LogP contribution in [0.3, 0.4) is 0 Å². The Morgan fingerprint density at radius 3 is 2.71 bits per heavy atom. The molecule has 0 spiro atoms. The van der Waals surface area contributed by atoms with Gasteiger partial charge in [0.05, 0.1) is 19.3 Å². The lowest BCUT2D eigenvalue weighted by molar-refractivity contribution is -0.159. The highest BCUT2D eigenvalue weighted by Gasteiger charge is 2.33. The molecular weight excluding hydrogens is 270 g/mol. The number of cyclic esters (lactones) is 1. The number of hydrogen-bond donors (Lipinski definition) is 1. The molecule has 21 heavy (non-hydrogen) atoms. The molecule has 1 saturated heterocycles. The van der Waals surface area contributed by atoms with E-state index in [-0.39, 0.29) is 24.7 Å². The number of carbonyl (C=O) groups excluding carboxylic acids is 1. The molecule has 0 radical (unpaired) electrons. The van der Waals surface area contributed by atoms with Gasteiger partial charge < -0.3 is 19.9 Å². The van der Waals surface area contributed by atoms with Gasteiger partial charge in [0, 0.05) is 12.5 Å². The van der Waals surface area contributed by atoms with Gasteiger partial charge in [-0.15, -0.1) is 0 Å². The van der Waals surface area contributed by atoms with Gasteiger partial charge in [-0.05, 0) is 25.7 Å². The zero-order chi connectivity index (χ0) is 15.8. The van der Waals surface area contributed by atoms with Crippen LogP contribution in [-0.2, 0) is 19.0 Å². The van der Waals surface area contributed by atoms with Crippen molar-refractivity contribution in [1.29, 1.82) is 0 Å². The summed E-state index contributed by atoms with van der Waals surface area (Å²) in [4.78, 5) is 11.8. The number of hydrogen-bond acceptors (Lipinski definition) is 5. The van der Waals surface area contributed by atoms with Crippen LogP contribution in [-0.4, -0.2) is 44.0 Å². The lowest BCUT2D eigenvalue weighted by Crippen LogP contribution is -2.41. The normalized spacial score (nSPS) is 31.4. The van der Waals surface area contributed by atoms with Crippen LogP contribution >= 0.6 is 0 Å². The van der Waals surface area contributed by atoms with Gasteiger partial charge in [0.2, 0.25) is 0 Å². The monoisotopic (exact) mass is 301 g/mol. The van der Waals surface area contributed by atoms with Gasteiger partial charge in [0.1, 0.15) is 12.1 Å². The van der Waals surface area contributed by atoms with Crippen LogP contribution in [0, 0.1) is 11.8 Å². The van der Waals surface area contributed by atoms with Gasteiger partial charge in [0.25, 0.3) is 0 Å². The molecule has 4 unspecified atom stereocenters. The van der Waals surface area contributed by atoms with Crippen molar-refractivity contribution >= 4 is 5.97 Å². The second-order valence-corrected chi connectivity index (χ2v) is 6.35. The Balaban J connectivity index is 2.78. The minimum Gasteiger partial charge on any atom is -0.459 e. The molecule has 1 fully saturated rings. The van der Waals surface area contributed by atoms with Gasteiger partial charge >= 0.3 is 5.97 Å². The molecule has 5 nitrogen and oxygen atoms in total. The van der Waals surface area contributed by atoms with E-state index in [1.165, 1.54) is 0 Å². The molecule has 1 aliphatic heterocycles. The predicted octanol–water partition coefficient (Wildman–Crippen LogP) is 2.12. The first-order chi connectivity index (χ1) is 9.95. The predicted molar refractivity (Wildman–Crippen MR) is 81.9 cm³/mol. The van der Waals surface area contributed by atoms with Crippen molar-refractivity contribution in [3.8, 4) is 0 Å². The second-order valence-electron chi connectivity index (χ2n) is 6.35. The SMILES string of the molecule is CCCOC1C(CCC(C)C)COCC(N)C(=O)OC1C. The van der Waals surface area contributed by atoms with Crippen LogP contribution in [0.1, 0.15) is 47.0 Å². The number of nitrogens with two attached hydrogens (primary N) is 1. The van der Waals surface area contributed by atoms with E-state index in [4.69, 9.17) is 19.9 Å². The Labute approximate surface area is 128 Å². The standard InChI is InChI=1S/C16H31NO4/c1-5-8-20-15-12(4)21-16(18)14(17)10-19-9-13(15)7-6-11(2)3/h11-15H,5-10,17H2,1-4H3. The van der Waals surface area contributed by atoms with Gasteiger partial charge in [-0.3, -0.25) is 4.79 Å². The van der Waals surface area contributed by atoms with Crippen molar-refractivity contribution in [2.24, 2.45) is 17.6 Å². The van der Waals surface area contributed by atoms with Crippen LogP contribution in [0.2, 0.25) is 0 Å². The fraction of sp³-hybridized carbons (Fsp3) is 0.938. The van der Waals surface area contributed by atoms with Gasteiger partial charge in [-0.2, -0.15) is 0 Å². The highest BCUT2D eigenvalue weighted by Crippen LogP contribution is 2.24. The summed E-state index contributed by atoms with van der Waals surface area (Å²) in [5.74, 6) is 0.453. The molecule has 0 amide bonds. The molecule has 0 aromatic carbocycles. The van der Waals surface area contributed by atoms with E-state index in [0.29, 0.717) is 19.1 Å². The number of ether oxygens (including phenoxy) is 3. The summed E-state index contributed by atoms with van der Waals surface area (Å²) in [7, 11) is 0. The van der Waals surface area contributed by atoms with E-state index < -0.39 is 12.0 Å². The van der Waals surface area contributed by atoms with Crippen molar-refractivity contribution in [2.45, 2.75) is 65.2 Å². The molecule has 0 saturated carbocycles. The van der Waals surface area contributed by atoms with E-state index in [1.807, 2.05) is 6.92 Å². The molecule has 1 aliphatic rings. The third-order valence-electron chi connectivity index (χ3n) is 3.79. The molecule has 0 aromatic heterocycles. The summed E-state index contributed by atoms with van der Waals surface area (Å²) < 4.78 is 17.1. The van der Waals surface area contributed by atoms with E-state index in [9.17, 15) is 4.79 Å². The Kier molecular flexibility index (Phi) is 8.22. The molecule has 0 aromatic rings. The average Bonchev–Trinajstić information content (AvgIpc) is 2.47. The molecule has 4 atom stereocenters. The molecule has 124 valence electrons. The molecule has 1 rings (SSSR count). The van der Waals surface area contributed by atoms with E-state index in [2.05, 4.69) is 20.8 Å². The molecule has 0 bridgehead atoms. The molecular formula is C16H31NO4. The lowest BCUT2D eigenvalue weighted by atomic mass is 9.91. The van der Waals surface area contributed by atoms with Crippen molar-refractivity contribution in [3.05, 3.63) is 0 Å². The maximum absolute atomic E-state index is 11.8. The minimum absolute atomic E-state index is 0.127. The minimum atomic E-state index is -0.705. The van der Waals surface area contributed by atoms with Crippen LogP contribution in [0.15, 0.2) is 0 Å². The quantitative estimate of drug-likeness (QED) is 0.761. The molecule has 0 aliphatic carbocycles. The topological polar surface area (TPSA) is 70.8 Å². The summed E-state index contributed by atoms with van der Waals surface area (Å²) in [5.41, 5.74) is 5.75. The summed E-state index contributed by atoms with van der Waals surface area (Å²) in [6.45, 7) is 9.81. The zero-order valence-corrected chi connectivity index (χ0v) is 13.8. The van der Waals surface area contributed by atoms with Crippen molar-refractivity contribution in [2.75, 3.05) is 19.8 Å². The summed E-state index contributed by atoms with van der Waals surface area (Å²) >= 11 is 0. The van der Waals surface area contributed by atoms with Crippen LogP contribution in [0.5, 0.6) is 0 Å². The lowest BCUT2D eigenvalue weighted by Gasteiger charge is -2.31. The summed E-state index contributed by atoms with van der Waals surface area (Å²) in [5, 5.41) is 0. The first-order valence-corrected chi connectivity index (χ1v) is 8.11. The highest BCUT2D eigenvalue weighted by molar-refractivity contribution is 5.75. The fourth-order valence-corrected chi connectivity index (χ4v) is 2.55. The van der Waals surface area contributed by atoms with Crippen molar-refractivity contribution in [3.63, 3.8) is 0 Å². The Bertz CT molecular complexity index is 309. The largest absolute Gasteiger partial charge is 0.459 e. The third kappa shape index (κ3) is 6.32. The maximum Gasteiger partial charge on any atom is 0.325 e. The first-order valence-electron chi connectivity index (χ1n) is 8.11. The average molecular weight is 301 g/mol. The smallest absolute Gasteiger partial charge is 0.325 e. The molecule has 1 heterocycles. The Hall–Kier alpha value is -0.650. The first kappa shape index (κ1) is 18.4. The van der Waals surface area contributed by atoms with Crippen LogP contribution < -0.4 is 5.73 Å². The van der Waals surface area contributed by atoms with Gasteiger partial charge in [-0.25, -0.2) is 0 Å². The van der Waals surface area contributed by atoms with Crippen LogP contribution in [0.25, 0.3) is 0 Å². The molecule has 5 heteroatoms. The van der Waals surface area contributed by atoms with Gasteiger partial charge in [0.15, 0.2) is 0 Å². The summed E-state index contributed by atoms with van der Waals surface area (Å²) in [6, 6.07) is -0.705. The second kappa shape index (κ2) is 9.38. The highest BCUT2D eigenvalue weighted by atomic mass is 16.6. The molecule has 2 N–H and O–H groups in total. The maximum atomic E-state index is 11.8. The Morgan fingerprint density at radius 2 is 2.10 bits per heavy atom. The fourth-order valence-electron chi connectivity index (χ4n) is 2.55. The van der Waals surface area contributed by atoms with Gasteiger partial charge in [-0.1, -0.05) is 27.2 Å². The van der Waals surface area contributed by atoms with Crippen molar-refractivity contribution in [1.82, 2.24) is 0 Å². The number of esters is 1. The van der Waals surface area contributed by atoms with E-state index in [0.717, 1.165) is 19.3 Å². The zero-order valence-electron chi connectivity index (χ0n) is 13.8. The summed E-state index contributed by atoms with van der Waals surface area (Å²) in [6.07, 6.45) is 2.62. The van der Waals surface area contributed by atoms with Crippen molar-refractivity contribution < 1.29 is 19.0 Å². The van der Waals surface area contributed by atoms with Crippen LogP contribution in [0.4, 0.5) is 0 Å². The Morgan fingerprint density at radius 1 is 1.38 bits per heavy atom. The number of carbonyl (C=O) groups is 1. The van der Waals surface area contributed by atoms with E-state index in [1.54, 1.807) is 0 Å². The van der Waals surface area contributed by atoms with E-state index >= 15 is 0 Å². The third-order valence-corrected chi connectivity index (χ3v) is 3.79.